The van der Waals surface area contributed by atoms with Crippen molar-refractivity contribution in [3.8, 4) is 0 Å². The third-order valence-corrected chi connectivity index (χ3v) is 2.27. The first kappa shape index (κ1) is 11.5. The summed E-state index contributed by atoms with van der Waals surface area (Å²) >= 11 is 5.70. The van der Waals surface area contributed by atoms with E-state index in [9.17, 15) is 9.18 Å². The predicted molar refractivity (Wildman–Crippen MR) is 61.4 cm³/mol. The summed E-state index contributed by atoms with van der Waals surface area (Å²) in [6.45, 7) is 0. The lowest BCUT2D eigenvalue weighted by Crippen LogP contribution is -2.13. The van der Waals surface area contributed by atoms with Crippen LogP contribution in [0.3, 0.4) is 0 Å². The highest BCUT2D eigenvalue weighted by atomic mass is 35.5. The van der Waals surface area contributed by atoms with Gasteiger partial charge in [-0.25, -0.2) is 9.37 Å². The van der Waals surface area contributed by atoms with Gasteiger partial charge in [0.1, 0.15) is 11.0 Å². The number of nitrogens with zero attached hydrogens (tertiary/aromatic N) is 2. The summed E-state index contributed by atoms with van der Waals surface area (Å²) in [5.74, 6) is -1.15. The summed E-state index contributed by atoms with van der Waals surface area (Å²) in [6.07, 6.45) is 3.99. The highest BCUT2D eigenvalue weighted by Crippen LogP contribution is 2.15. The second kappa shape index (κ2) is 4.88. The molecule has 0 unspecified atom stereocenters. The van der Waals surface area contributed by atoms with Crippen LogP contribution in [0.2, 0.25) is 5.15 Å². The van der Waals surface area contributed by atoms with Crippen molar-refractivity contribution in [2.24, 2.45) is 0 Å². The number of amides is 1. The molecule has 2 rings (SSSR count). The summed E-state index contributed by atoms with van der Waals surface area (Å²) in [4.78, 5) is 19.1. The van der Waals surface area contributed by atoms with Crippen molar-refractivity contribution >= 4 is 23.2 Å². The largest absolute Gasteiger partial charge is 0.320 e. The van der Waals surface area contributed by atoms with Crippen LogP contribution in [-0.2, 0) is 0 Å². The molecule has 0 bridgehead atoms. The number of pyridine rings is 2. The Balaban J connectivity index is 2.23. The number of hydrogen-bond donors (Lipinski definition) is 1. The van der Waals surface area contributed by atoms with Crippen LogP contribution in [0.1, 0.15) is 10.4 Å². The lowest BCUT2D eigenvalue weighted by atomic mass is 10.2. The summed E-state index contributed by atoms with van der Waals surface area (Å²) in [5.41, 5.74) is 0.480. The van der Waals surface area contributed by atoms with E-state index in [4.69, 9.17) is 11.6 Å². The van der Waals surface area contributed by atoms with E-state index >= 15 is 0 Å². The SMILES string of the molecule is O=C(Nc1cccnc1)c1cc(F)cnc1Cl. The van der Waals surface area contributed by atoms with Crippen LogP contribution >= 0.6 is 11.6 Å². The zero-order valence-electron chi connectivity index (χ0n) is 8.52. The number of anilines is 1. The number of halogens is 2. The highest BCUT2D eigenvalue weighted by molar-refractivity contribution is 6.33. The van der Waals surface area contributed by atoms with Gasteiger partial charge in [0.2, 0.25) is 0 Å². The first-order chi connectivity index (χ1) is 8.16. The fraction of sp³-hybridized carbons (Fsp3) is 0. The maximum absolute atomic E-state index is 12.9. The summed E-state index contributed by atoms with van der Waals surface area (Å²) in [7, 11) is 0. The zero-order valence-corrected chi connectivity index (χ0v) is 9.28. The second-order valence-corrected chi connectivity index (χ2v) is 3.55. The molecule has 17 heavy (non-hydrogen) atoms. The number of carbonyl (C=O) groups is 1. The Kier molecular flexibility index (Phi) is 3.30. The first-order valence-corrected chi connectivity index (χ1v) is 5.07. The van der Waals surface area contributed by atoms with Crippen molar-refractivity contribution in [3.05, 3.63) is 53.3 Å². The molecule has 0 atom stereocenters. The van der Waals surface area contributed by atoms with Crippen molar-refractivity contribution in [2.75, 3.05) is 5.32 Å². The monoisotopic (exact) mass is 251 g/mol. The molecule has 0 aliphatic rings. The van der Waals surface area contributed by atoms with Crippen molar-refractivity contribution in [1.29, 1.82) is 0 Å². The van der Waals surface area contributed by atoms with E-state index in [-0.39, 0.29) is 10.7 Å². The molecule has 0 aromatic carbocycles. The maximum atomic E-state index is 12.9. The summed E-state index contributed by atoms with van der Waals surface area (Å²) in [6, 6.07) is 4.35. The van der Waals surface area contributed by atoms with Crippen molar-refractivity contribution < 1.29 is 9.18 Å². The Bertz CT molecular complexity index is 548. The first-order valence-electron chi connectivity index (χ1n) is 4.69. The summed E-state index contributed by atoms with van der Waals surface area (Å²) in [5, 5.41) is 2.49. The predicted octanol–water partition coefficient (Wildman–Crippen LogP) is 2.52. The van der Waals surface area contributed by atoms with Gasteiger partial charge < -0.3 is 5.32 Å². The van der Waals surface area contributed by atoms with Crippen LogP contribution in [0.15, 0.2) is 36.8 Å². The van der Waals surface area contributed by atoms with Crippen LogP contribution in [0.25, 0.3) is 0 Å². The van der Waals surface area contributed by atoms with Crippen LogP contribution in [0.4, 0.5) is 10.1 Å². The summed E-state index contributed by atoms with van der Waals surface area (Å²) < 4.78 is 12.9. The zero-order chi connectivity index (χ0) is 12.3. The van der Waals surface area contributed by atoms with Gasteiger partial charge in [0, 0.05) is 6.20 Å². The lowest BCUT2D eigenvalue weighted by molar-refractivity contribution is 0.102. The molecule has 86 valence electrons. The van der Waals surface area contributed by atoms with Gasteiger partial charge in [-0.3, -0.25) is 9.78 Å². The van der Waals surface area contributed by atoms with E-state index in [1.165, 1.54) is 6.20 Å². The number of rotatable bonds is 2. The van der Waals surface area contributed by atoms with Crippen LogP contribution in [-0.4, -0.2) is 15.9 Å². The number of hydrogen-bond acceptors (Lipinski definition) is 3. The van der Waals surface area contributed by atoms with E-state index < -0.39 is 11.7 Å². The smallest absolute Gasteiger partial charge is 0.258 e. The average molecular weight is 252 g/mol. The van der Waals surface area contributed by atoms with Gasteiger partial charge in [0.25, 0.3) is 5.91 Å². The minimum absolute atomic E-state index is 0.0180. The van der Waals surface area contributed by atoms with E-state index in [0.717, 1.165) is 12.3 Å². The normalized spacial score (nSPS) is 10.0. The van der Waals surface area contributed by atoms with E-state index in [0.29, 0.717) is 5.69 Å². The minimum Gasteiger partial charge on any atom is -0.320 e. The molecule has 1 N–H and O–H groups in total. The molecule has 0 saturated heterocycles. The van der Waals surface area contributed by atoms with Gasteiger partial charge in [-0.15, -0.1) is 0 Å². The van der Waals surface area contributed by atoms with Crippen molar-refractivity contribution in [3.63, 3.8) is 0 Å². The fourth-order valence-corrected chi connectivity index (χ4v) is 1.41. The molecule has 0 radical (unpaired) electrons. The molecule has 0 saturated carbocycles. The molecule has 0 aliphatic heterocycles. The van der Waals surface area contributed by atoms with E-state index in [2.05, 4.69) is 15.3 Å². The lowest BCUT2D eigenvalue weighted by Gasteiger charge is -2.05. The van der Waals surface area contributed by atoms with Crippen LogP contribution in [0, 0.1) is 5.82 Å². The Morgan fingerprint density at radius 2 is 2.24 bits per heavy atom. The van der Waals surface area contributed by atoms with Gasteiger partial charge in [-0.2, -0.15) is 0 Å². The van der Waals surface area contributed by atoms with E-state index in [1.54, 1.807) is 18.3 Å². The molecular formula is C11H7ClFN3O. The molecule has 0 fully saturated rings. The Morgan fingerprint density at radius 1 is 1.41 bits per heavy atom. The Hall–Kier alpha value is -2.01. The van der Waals surface area contributed by atoms with Crippen molar-refractivity contribution in [1.82, 2.24) is 9.97 Å². The van der Waals surface area contributed by atoms with Gasteiger partial charge in [0.05, 0.1) is 23.6 Å². The maximum Gasteiger partial charge on any atom is 0.258 e. The topological polar surface area (TPSA) is 54.9 Å². The molecule has 0 aliphatic carbocycles. The van der Waals surface area contributed by atoms with E-state index in [1.807, 2.05) is 0 Å². The fourth-order valence-electron chi connectivity index (χ4n) is 1.22. The van der Waals surface area contributed by atoms with Gasteiger partial charge in [-0.05, 0) is 18.2 Å². The number of nitrogens with one attached hydrogen (secondary N) is 1. The number of aromatic nitrogens is 2. The molecule has 2 heterocycles. The standard InChI is InChI=1S/C11H7ClFN3O/c12-10-9(4-7(13)5-15-10)11(17)16-8-2-1-3-14-6-8/h1-6H,(H,16,17). The van der Waals surface area contributed by atoms with Gasteiger partial charge >= 0.3 is 0 Å². The molecular weight excluding hydrogens is 245 g/mol. The molecule has 4 nitrogen and oxygen atoms in total. The number of carbonyl (C=O) groups excluding carboxylic acids is 1. The highest BCUT2D eigenvalue weighted by Gasteiger charge is 2.12. The molecule has 2 aromatic heterocycles. The third-order valence-electron chi connectivity index (χ3n) is 1.97. The Morgan fingerprint density at radius 3 is 2.94 bits per heavy atom. The van der Waals surface area contributed by atoms with Gasteiger partial charge in [0.15, 0.2) is 0 Å². The average Bonchev–Trinajstić information content (AvgIpc) is 2.33. The second-order valence-electron chi connectivity index (χ2n) is 3.19. The third kappa shape index (κ3) is 2.76. The van der Waals surface area contributed by atoms with Crippen LogP contribution < -0.4 is 5.32 Å². The van der Waals surface area contributed by atoms with Crippen molar-refractivity contribution in [2.45, 2.75) is 0 Å². The quantitative estimate of drug-likeness (QED) is 0.835. The van der Waals surface area contributed by atoms with Crippen LogP contribution in [0.5, 0.6) is 0 Å². The van der Waals surface area contributed by atoms with Gasteiger partial charge in [-0.1, -0.05) is 11.6 Å². The molecule has 2 aromatic rings. The minimum atomic E-state index is -0.620. The molecule has 1 amide bonds. The Labute approximate surface area is 101 Å². The molecule has 6 heteroatoms. The molecule has 0 spiro atoms.